The molecule has 3 heteroatoms. The van der Waals surface area contributed by atoms with Crippen LogP contribution in [0.4, 0.5) is 4.39 Å². The first kappa shape index (κ1) is 20.7. The summed E-state index contributed by atoms with van der Waals surface area (Å²) in [5.74, 6) is -0.465. The Labute approximate surface area is 164 Å². The lowest BCUT2D eigenvalue weighted by molar-refractivity contribution is 0.112. The lowest BCUT2D eigenvalue weighted by Gasteiger charge is -2.04. The van der Waals surface area contributed by atoms with E-state index in [1.165, 1.54) is 34.4 Å². The van der Waals surface area contributed by atoms with Crippen molar-refractivity contribution in [2.45, 2.75) is 0 Å². The van der Waals surface area contributed by atoms with E-state index in [1.54, 1.807) is 12.1 Å². The standard InChI is InChI=1S/C18H14.C7H5FO.H3N/c1-3-7-15(8-4-1)17-11-13-18(14-12-17)16-9-5-2-6-10-16;8-7-4-2-1-3-6(7)5-9;/h1-14H;1-5H;1H3. The first-order chi connectivity index (χ1) is 13.3. The number of carbonyl (C=O) groups is 1. The molecule has 28 heavy (non-hydrogen) atoms. The van der Waals surface area contributed by atoms with Crippen LogP contribution in [0.25, 0.3) is 22.3 Å². The lowest BCUT2D eigenvalue weighted by Crippen LogP contribution is -1.83. The summed E-state index contributed by atoms with van der Waals surface area (Å²) in [5, 5.41) is 0. The molecule has 4 aromatic rings. The molecule has 140 valence electrons. The highest BCUT2D eigenvalue weighted by atomic mass is 19.1. The van der Waals surface area contributed by atoms with Crippen molar-refractivity contribution in [1.29, 1.82) is 0 Å². The second-order valence-electron chi connectivity index (χ2n) is 5.95. The van der Waals surface area contributed by atoms with Gasteiger partial charge < -0.3 is 6.15 Å². The summed E-state index contributed by atoms with van der Waals surface area (Å²) in [6.45, 7) is 0. The highest BCUT2D eigenvalue weighted by molar-refractivity contribution is 5.74. The van der Waals surface area contributed by atoms with Crippen LogP contribution in [0, 0.1) is 5.82 Å². The van der Waals surface area contributed by atoms with Gasteiger partial charge in [0.25, 0.3) is 0 Å². The van der Waals surface area contributed by atoms with Crippen molar-refractivity contribution in [1.82, 2.24) is 6.15 Å². The van der Waals surface area contributed by atoms with E-state index in [-0.39, 0.29) is 11.7 Å². The van der Waals surface area contributed by atoms with Crippen LogP contribution in [0.3, 0.4) is 0 Å². The van der Waals surface area contributed by atoms with E-state index in [1.807, 2.05) is 12.1 Å². The van der Waals surface area contributed by atoms with E-state index in [9.17, 15) is 9.18 Å². The molecule has 3 N–H and O–H groups in total. The van der Waals surface area contributed by atoms with Crippen molar-refractivity contribution < 1.29 is 9.18 Å². The summed E-state index contributed by atoms with van der Waals surface area (Å²) < 4.78 is 12.4. The van der Waals surface area contributed by atoms with Crippen LogP contribution in [0.2, 0.25) is 0 Å². The molecule has 0 amide bonds. The Morgan fingerprint density at radius 2 is 0.857 bits per heavy atom. The van der Waals surface area contributed by atoms with Gasteiger partial charge in [-0.15, -0.1) is 0 Å². The third-order valence-corrected chi connectivity index (χ3v) is 4.13. The minimum atomic E-state index is -0.465. The molecule has 0 aliphatic heterocycles. The Kier molecular flexibility index (Phi) is 7.82. The third kappa shape index (κ3) is 5.47. The zero-order valence-corrected chi connectivity index (χ0v) is 15.5. The van der Waals surface area contributed by atoms with Gasteiger partial charge in [-0.3, -0.25) is 4.79 Å². The fourth-order valence-electron chi connectivity index (χ4n) is 2.69. The Bertz CT molecular complexity index is 925. The number of hydrogen-bond acceptors (Lipinski definition) is 2. The van der Waals surface area contributed by atoms with Crippen LogP contribution < -0.4 is 6.15 Å². The van der Waals surface area contributed by atoms with E-state index in [4.69, 9.17) is 0 Å². The van der Waals surface area contributed by atoms with Crippen LogP contribution >= 0.6 is 0 Å². The summed E-state index contributed by atoms with van der Waals surface area (Å²) in [4.78, 5) is 9.99. The molecule has 0 atom stereocenters. The first-order valence-electron chi connectivity index (χ1n) is 8.68. The minimum Gasteiger partial charge on any atom is -0.344 e. The molecule has 0 saturated heterocycles. The van der Waals surface area contributed by atoms with Gasteiger partial charge in [0.15, 0.2) is 6.29 Å². The maximum absolute atomic E-state index is 12.4. The van der Waals surface area contributed by atoms with Gasteiger partial charge in [0.1, 0.15) is 5.82 Å². The number of benzene rings is 4. The van der Waals surface area contributed by atoms with Crippen molar-refractivity contribution in [2.75, 3.05) is 0 Å². The highest BCUT2D eigenvalue weighted by Gasteiger charge is 1.99. The molecule has 0 fully saturated rings. The predicted octanol–water partition coefficient (Wildman–Crippen LogP) is 6.82. The normalized spacial score (nSPS) is 9.46. The molecule has 0 saturated carbocycles. The van der Waals surface area contributed by atoms with Gasteiger partial charge >= 0.3 is 0 Å². The third-order valence-electron chi connectivity index (χ3n) is 4.13. The minimum absolute atomic E-state index is 0. The van der Waals surface area contributed by atoms with Crippen molar-refractivity contribution in [2.24, 2.45) is 0 Å². The Hall–Kier alpha value is -3.56. The molecule has 0 heterocycles. The molecule has 2 nitrogen and oxygen atoms in total. The fraction of sp³-hybridized carbons (Fsp3) is 0. The maximum Gasteiger partial charge on any atom is 0.152 e. The lowest BCUT2D eigenvalue weighted by atomic mass is 10.0. The van der Waals surface area contributed by atoms with Crippen LogP contribution in [0.5, 0.6) is 0 Å². The van der Waals surface area contributed by atoms with E-state index in [0.717, 1.165) is 0 Å². The quantitative estimate of drug-likeness (QED) is 0.402. The largest absolute Gasteiger partial charge is 0.344 e. The number of carbonyl (C=O) groups excluding carboxylic acids is 1. The smallest absolute Gasteiger partial charge is 0.152 e. The van der Waals surface area contributed by atoms with Gasteiger partial charge in [0.2, 0.25) is 0 Å². The van der Waals surface area contributed by atoms with Crippen molar-refractivity contribution in [3.8, 4) is 22.3 Å². The molecule has 0 unspecified atom stereocenters. The summed E-state index contributed by atoms with van der Waals surface area (Å²) in [7, 11) is 0. The molecular formula is C25H22FNO. The predicted molar refractivity (Wildman–Crippen MR) is 114 cm³/mol. The average molecular weight is 371 g/mol. The molecule has 0 bridgehead atoms. The molecule has 0 aromatic heterocycles. The molecule has 0 radical (unpaired) electrons. The average Bonchev–Trinajstić information content (AvgIpc) is 2.76. The van der Waals surface area contributed by atoms with Crippen molar-refractivity contribution >= 4 is 6.29 Å². The van der Waals surface area contributed by atoms with Crippen molar-refractivity contribution in [3.05, 3.63) is 121 Å². The second-order valence-corrected chi connectivity index (χ2v) is 5.95. The van der Waals surface area contributed by atoms with Crippen LogP contribution in [-0.2, 0) is 0 Å². The highest BCUT2D eigenvalue weighted by Crippen LogP contribution is 2.24. The molecule has 0 aliphatic carbocycles. The van der Waals surface area contributed by atoms with E-state index < -0.39 is 5.82 Å². The van der Waals surface area contributed by atoms with Gasteiger partial charge in [0, 0.05) is 0 Å². The van der Waals surface area contributed by atoms with E-state index in [2.05, 4.69) is 72.8 Å². The second kappa shape index (κ2) is 10.6. The molecule has 0 aliphatic rings. The van der Waals surface area contributed by atoms with Gasteiger partial charge in [0.05, 0.1) is 5.56 Å². The Balaban J connectivity index is 0.000000239. The summed E-state index contributed by atoms with van der Waals surface area (Å²) in [5.41, 5.74) is 5.15. The van der Waals surface area contributed by atoms with Gasteiger partial charge in [-0.25, -0.2) is 4.39 Å². The van der Waals surface area contributed by atoms with Gasteiger partial charge in [-0.05, 0) is 34.4 Å². The molecule has 0 spiro atoms. The van der Waals surface area contributed by atoms with Crippen LogP contribution in [-0.4, -0.2) is 6.29 Å². The molecule has 4 rings (SSSR count). The van der Waals surface area contributed by atoms with Crippen LogP contribution in [0.15, 0.2) is 109 Å². The van der Waals surface area contributed by atoms with Gasteiger partial charge in [-0.1, -0.05) is 97.1 Å². The topological polar surface area (TPSA) is 52.1 Å². The Morgan fingerprint density at radius 1 is 0.500 bits per heavy atom. The summed E-state index contributed by atoms with van der Waals surface area (Å²) in [6, 6.07) is 35.5. The fourth-order valence-corrected chi connectivity index (χ4v) is 2.69. The summed E-state index contributed by atoms with van der Waals surface area (Å²) >= 11 is 0. The Morgan fingerprint density at radius 3 is 1.21 bits per heavy atom. The van der Waals surface area contributed by atoms with Crippen molar-refractivity contribution in [3.63, 3.8) is 0 Å². The monoisotopic (exact) mass is 371 g/mol. The molecular weight excluding hydrogens is 349 g/mol. The number of hydrogen-bond donors (Lipinski definition) is 1. The van der Waals surface area contributed by atoms with E-state index in [0.29, 0.717) is 6.29 Å². The first-order valence-corrected chi connectivity index (χ1v) is 8.68. The number of aldehydes is 1. The molecule has 4 aromatic carbocycles. The maximum atomic E-state index is 12.4. The number of halogens is 1. The van der Waals surface area contributed by atoms with Crippen LogP contribution in [0.1, 0.15) is 10.4 Å². The SMILES string of the molecule is N.O=Cc1ccccc1F.c1ccc(-c2ccc(-c3ccccc3)cc2)cc1. The summed E-state index contributed by atoms with van der Waals surface area (Å²) in [6.07, 6.45) is 0.495. The van der Waals surface area contributed by atoms with Gasteiger partial charge in [-0.2, -0.15) is 0 Å². The zero-order valence-electron chi connectivity index (χ0n) is 15.5. The van der Waals surface area contributed by atoms with E-state index >= 15 is 0 Å². The number of rotatable bonds is 3. The zero-order chi connectivity index (χ0) is 18.9.